The number of carbonyl (C=O) groups is 3. The Bertz CT molecular complexity index is 1220. The number of halogens is 5. The van der Waals surface area contributed by atoms with Crippen LogP contribution in [0.4, 0.5) is 27.6 Å². The lowest BCUT2D eigenvalue weighted by atomic mass is 9.85. The smallest absolute Gasteiger partial charge is 0.403 e. The summed E-state index contributed by atoms with van der Waals surface area (Å²) < 4.78 is 72.2. The van der Waals surface area contributed by atoms with Gasteiger partial charge in [-0.3, -0.25) is 19.7 Å². The van der Waals surface area contributed by atoms with Crippen molar-refractivity contribution in [3.05, 3.63) is 58.7 Å². The molecule has 1 fully saturated rings. The normalized spacial score (nSPS) is 24.1. The monoisotopic (exact) mass is 500 g/mol. The summed E-state index contributed by atoms with van der Waals surface area (Å²) in [5.74, 6) is -6.44. The average Bonchev–Trinajstić information content (AvgIpc) is 3.27. The number of rotatable bonds is 4. The van der Waals surface area contributed by atoms with E-state index >= 15 is 0 Å². The largest absolute Gasteiger partial charge is 0.493 e. The highest BCUT2D eigenvalue weighted by atomic mass is 32.2. The van der Waals surface area contributed by atoms with E-state index in [1.54, 1.807) is 0 Å². The topological polar surface area (TPSA) is 84.5 Å². The predicted octanol–water partition coefficient (Wildman–Crippen LogP) is 4.41. The van der Waals surface area contributed by atoms with E-state index in [4.69, 9.17) is 4.74 Å². The maximum atomic E-state index is 14.3. The number of ether oxygens (including phenoxy) is 1. The third-order valence-corrected chi connectivity index (χ3v) is 7.62. The summed E-state index contributed by atoms with van der Waals surface area (Å²) in [4.78, 5) is 36.7. The van der Waals surface area contributed by atoms with Crippen LogP contribution in [-0.4, -0.2) is 41.0 Å². The Morgan fingerprint density at radius 1 is 1.15 bits per heavy atom. The van der Waals surface area contributed by atoms with Gasteiger partial charge in [-0.2, -0.15) is 17.6 Å². The van der Waals surface area contributed by atoms with Crippen LogP contribution in [0.15, 0.2) is 30.3 Å². The molecule has 0 radical (unpaired) electrons. The van der Waals surface area contributed by atoms with Gasteiger partial charge >= 0.3 is 6.18 Å². The van der Waals surface area contributed by atoms with E-state index in [0.29, 0.717) is 11.8 Å². The molecule has 2 N–H and O–H groups in total. The molecule has 34 heavy (non-hydrogen) atoms. The number of anilines is 1. The van der Waals surface area contributed by atoms with Crippen molar-refractivity contribution < 1.29 is 41.1 Å². The minimum Gasteiger partial charge on any atom is -0.493 e. The maximum Gasteiger partial charge on any atom is 0.403 e. The highest BCUT2D eigenvalue weighted by molar-refractivity contribution is 8.02. The minimum absolute atomic E-state index is 0.0147. The quantitative estimate of drug-likeness (QED) is 0.480. The van der Waals surface area contributed by atoms with Gasteiger partial charge in [-0.05, 0) is 37.6 Å². The molecule has 6 nitrogen and oxygen atoms in total. The molecule has 2 heterocycles. The van der Waals surface area contributed by atoms with Crippen LogP contribution in [0.2, 0.25) is 0 Å². The van der Waals surface area contributed by atoms with Gasteiger partial charge in [0.2, 0.25) is 11.7 Å². The summed E-state index contributed by atoms with van der Waals surface area (Å²) in [6, 6.07) is 5.76. The maximum absolute atomic E-state index is 14.3. The summed E-state index contributed by atoms with van der Waals surface area (Å²) in [6.45, 7) is 0.940. The summed E-state index contributed by atoms with van der Waals surface area (Å²) in [5, 5.41) is 3.22. The van der Waals surface area contributed by atoms with Gasteiger partial charge in [-0.1, -0.05) is 6.07 Å². The number of hydrogen-bond acceptors (Lipinski definition) is 5. The molecular formula is C22H17F5N2O4S. The van der Waals surface area contributed by atoms with Gasteiger partial charge in [0.05, 0.1) is 23.5 Å². The predicted molar refractivity (Wildman–Crippen MR) is 113 cm³/mol. The number of imide groups is 1. The zero-order valence-corrected chi connectivity index (χ0v) is 18.5. The van der Waals surface area contributed by atoms with Crippen LogP contribution in [0.3, 0.4) is 0 Å². The average molecular weight is 500 g/mol. The Morgan fingerprint density at radius 3 is 2.47 bits per heavy atom. The van der Waals surface area contributed by atoms with E-state index in [-0.39, 0.29) is 22.4 Å². The number of carbonyl (C=O) groups excluding carboxylic acids is 3. The van der Waals surface area contributed by atoms with Gasteiger partial charge in [0.1, 0.15) is 4.75 Å². The van der Waals surface area contributed by atoms with Crippen LogP contribution in [0.5, 0.6) is 5.75 Å². The molecule has 3 amide bonds. The van der Waals surface area contributed by atoms with E-state index in [1.165, 1.54) is 18.2 Å². The molecule has 2 aromatic carbocycles. The number of methoxy groups -OCH3 is 1. The standard InChI is InChI=1S/C22H17F5N2O4S/c1-21(22(25,26)27)8-13(10-5-6-14(23)15(24)16(10)33-2)17(34-21)20(32)28-9-3-4-11-12(7-9)19(31)29-18(11)30/h3-7,13,17H,8H2,1-2H3,(H,28,32)(H,29,30,31)/t13-,17+,21+/m0/s1. The van der Waals surface area contributed by atoms with Crippen LogP contribution in [0.25, 0.3) is 0 Å². The lowest BCUT2D eigenvalue weighted by molar-refractivity contribution is -0.155. The van der Waals surface area contributed by atoms with Crippen molar-refractivity contribution in [1.29, 1.82) is 0 Å². The SMILES string of the molecule is COc1c([C@@H]2C[C@](C)(C(F)(F)F)S[C@H]2C(=O)Nc2ccc3c(c2)C(=O)NC3=O)ccc(F)c1F. The minimum atomic E-state index is -4.69. The van der Waals surface area contributed by atoms with Gasteiger partial charge in [0, 0.05) is 17.2 Å². The molecule has 0 spiro atoms. The van der Waals surface area contributed by atoms with Gasteiger partial charge in [0.25, 0.3) is 11.8 Å². The fourth-order valence-electron chi connectivity index (χ4n) is 4.13. The van der Waals surface area contributed by atoms with Crippen molar-refractivity contribution in [3.8, 4) is 5.75 Å². The molecule has 2 aliphatic rings. The first-order valence-electron chi connectivity index (χ1n) is 9.93. The molecule has 2 aliphatic heterocycles. The third-order valence-electron chi connectivity index (χ3n) is 5.91. The first kappa shape index (κ1) is 24.0. The molecule has 4 rings (SSSR count). The van der Waals surface area contributed by atoms with Crippen molar-refractivity contribution in [2.24, 2.45) is 0 Å². The molecule has 0 unspecified atom stereocenters. The molecule has 0 aliphatic carbocycles. The first-order valence-corrected chi connectivity index (χ1v) is 10.8. The Morgan fingerprint density at radius 2 is 1.82 bits per heavy atom. The van der Waals surface area contributed by atoms with Crippen LogP contribution in [0, 0.1) is 11.6 Å². The van der Waals surface area contributed by atoms with Crippen LogP contribution >= 0.6 is 11.8 Å². The van der Waals surface area contributed by atoms with Crippen molar-refractivity contribution in [3.63, 3.8) is 0 Å². The molecule has 12 heteroatoms. The van der Waals surface area contributed by atoms with Crippen LogP contribution in [-0.2, 0) is 4.79 Å². The van der Waals surface area contributed by atoms with Crippen molar-refractivity contribution in [2.75, 3.05) is 12.4 Å². The third kappa shape index (κ3) is 3.89. The molecule has 0 aromatic heterocycles. The number of nitrogens with one attached hydrogen (secondary N) is 2. The molecule has 2 aromatic rings. The number of fused-ring (bicyclic) bond motifs is 1. The Kier molecular flexibility index (Phi) is 5.83. The van der Waals surface area contributed by atoms with E-state index in [1.807, 2.05) is 0 Å². The van der Waals surface area contributed by atoms with Crippen LogP contribution in [0.1, 0.15) is 45.5 Å². The second kappa shape index (κ2) is 8.26. The van der Waals surface area contributed by atoms with E-state index in [0.717, 1.165) is 26.2 Å². The molecule has 180 valence electrons. The number of amides is 3. The number of hydrogen-bond donors (Lipinski definition) is 2. The van der Waals surface area contributed by atoms with Gasteiger partial charge in [0.15, 0.2) is 11.6 Å². The molecule has 1 saturated heterocycles. The molecule has 0 saturated carbocycles. The highest BCUT2D eigenvalue weighted by Crippen LogP contribution is 2.59. The van der Waals surface area contributed by atoms with Gasteiger partial charge in [-0.15, -0.1) is 11.8 Å². The summed E-state index contributed by atoms with van der Waals surface area (Å²) >= 11 is 0.364. The zero-order chi connectivity index (χ0) is 25.0. The van der Waals surface area contributed by atoms with Gasteiger partial charge < -0.3 is 10.1 Å². The second-order valence-electron chi connectivity index (χ2n) is 8.09. The van der Waals surface area contributed by atoms with Crippen molar-refractivity contribution in [1.82, 2.24) is 5.32 Å². The van der Waals surface area contributed by atoms with E-state index in [2.05, 4.69) is 10.6 Å². The second-order valence-corrected chi connectivity index (χ2v) is 9.74. The molecule has 0 bridgehead atoms. The Hall–Kier alpha value is -3.15. The Labute approximate surface area is 194 Å². The lowest BCUT2D eigenvalue weighted by Crippen LogP contribution is -2.37. The fraction of sp³-hybridized carbons (Fsp3) is 0.318. The molecular weight excluding hydrogens is 483 g/mol. The fourth-order valence-corrected chi connectivity index (χ4v) is 5.68. The zero-order valence-electron chi connectivity index (χ0n) is 17.7. The van der Waals surface area contributed by atoms with Crippen LogP contribution < -0.4 is 15.4 Å². The lowest BCUT2D eigenvalue weighted by Gasteiger charge is -2.26. The van der Waals surface area contributed by atoms with Crippen molar-refractivity contribution >= 4 is 35.2 Å². The summed E-state index contributed by atoms with van der Waals surface area (Å²) in [5.41, 5.74) is 0.139. The summed E-state index contributed by atoms with van der Waals surface area (Å²) in [7, 11) is 1.05. The van der Waals surface area contributed by atoms with E-state index < -0.39 is 63.6 Å². The Balaban J connectivity index is 1.70. The van der Waals surface area contributed by atoms with Crippen molar-refractivity contribution in [2.45, 2.75) is 35.4 Å². The van der Waals surface area contributed by atoms with E-state index in [9.17, 15) is 36.3 Å². The van der Waals surface area contributed by atoms with Gasteiger partial charge in [-0.25, -0.2) is 4.39 Å². The highest BCUT2D eigenvalue weighted by Gasteiger charge is 2.60. The number of alkyl halides is 3. The number of thioether (sulfide) groups is 1. The first-order chi connectivity index (χ1) is 15.9. The number of benzene rings is 2. The molecule has 3 atom stereocenters. The summed E-state index contributed by atoms with van der Waals surface area (Å²) in [6.07, 6.45) is -5.27.